The molecule has 0 amide bonds. The molecule has 0 aromatic carbocycles. The Hall–Kier alpha value is -1.25. The minimum Gasteiger partial charge on any atom is -0.652 e. The van der Waals surface area contributed by atoms with Crippen molar-refractivity contribution >= 4 is 22.6 Å². The summed E-state index contributed by atoms with van der Waals surface area (Å²) in [5.41, 5.74) is -0.388. The van der Waals surface area contributed by atoms with Crippen molar-refractivity contribution in [3.8, 4) is 11.5 Å². The number of hydrogen-bond acceptors (Lipinski definition) is 4. The molecule has 6 heteroatoms. The predicted molar refractivity (Wildman–Crippen MR) is 39.2 cm³/mol. The number of pyridine rings is 1. The molecular weight excluding hydrogens is 177 g/mol. The average molecular weight is 181 g/mol. The van der Waals surface area contributed by atoms with Gasteiger partial charge in [-0.05, 0) is 0 Å². The molecule has 5 nitrogen and oxygen atoms in total. The second-order valence-electron chi connectivity index (χ2n) is 1.96. The summed E-state index contributed by atoms with van der Waals surface area (Å²) in [5, 5.41) is 17.5. The Balaban J connectivity index is 3.12. The molecule has 1 aromatic heterocycles. The minimum absolute atomic E-state index is 0.280. The largest absolute Gasteiger partial charge is 0.652 e. The minimum atomic E-state index is -1.28. The summed E-state index contributed by atoms with van der Waals surface area (Å²) < 4.78 is 4.63. The second-order valence-corrected chi connectivity index (χ2v) is 2.20. The molecule has 0 aliphatic rings. The highest BCUT2D eigenvalue weighted by atomic mass is 27.1. The van der Waals surface area contributed by atoms with Crippen LogP contribution in [0.5, 0.6) is 11.5 Å². The first-order chi connectivity index (χ1) is 5.65. The SMILES string of the molecule is O=C(O)c1ncc([O][Al])cc1O. The quantitative estimate of drug-likeness (QED) is 0.625. The molecular formula is C6H4AlNO4. The highest BCUT2D eigenvalue weighted by molar-refractivity contribution is 6.00. The van der Waals surface area contributed by atoms with E-state index >= 15 is 0 Å². The van der Waals surface area contributed by atoms with E-state index in [1.54, 1.807) is 0 Å². The van der Waals surface area contributed by atoms with Crippen LogP contribution in [0.4, 0.5) is 0 Å². The number of carboxylic acid groups (broad SMARTS) is 1. The van der Waals surface area contributed by atoms with Gasteiger partial charge in [-0.3, -0.25) is 0 Å². The van der Waals surface area contributed by atoms with Gasteiger partial charge in [-0.1, -0.05) is 0 Å². The third-order valence-electron chi connectivity index (χ3n) is 1.18. The Morgan fingerprint density at radius 1 is 1.67 bits per heavy atom. The van der Waals surface area contributed by atoms with Gasteiger partial charge in [0.2, 0.25) is 0 Å². The number of aromatic nitrogens is 1. The van der Waals surface area contributed by atoms with Gasteiger partial charge in [-0.15, -0.1) is 0 Å². The number of aromatic carboxylic acids is 1. The van der Waals surface area contributed by atoms with Crippen molar-refractivity contribution in [2.75, 3.05) is 0 Å². The summed E-state index contributed by atoms with van der Waals surface area (Å²) in [6.45, 7) is 0. The normalized spacial score (nSPS) is 9.33. The van der Waals surface area contributed by atoms with Crippen LogP contribution < -0.4 is 3.79 Å². The van der Waals surface area contributed by atoms with Crippen LogP contribution in [0.25, 0.3) is 0 Å². The summed E-state index contributed by atoms with van der Waals surface area (Å²) in [6.07, 6.45) is 1.20. The summed E-state index contributed by atoms with van der Waals surface area (Å²) in [7, 11) is 0. The van der Waals surface area contributed by atoms with Gasteiger partial charge in [0.15, 0.2) is 11.4 Å². The van der Waals surface area contributed by atoms with Crippen LogP contribution in [0.3, 0.4) is 0 Å². The number of rotatable bonds is 2. The molecule has 0 bridgehead atoms. The van der Waals surface area contributed by atoms with Gasteiger partial charge >= 0.3 is 22.6 Å². The van der Waals surface area contributed by atoms with Gasteiger partial charge in [0.1, 0.15) is 5.75 Å². The zero-order valence-electron chi connectivity index (χ0n) is 5.89. The van der Waals surface area contributed by atoms with Gasteiger partial charge in [-0.25, -0.2) is 9.78 Å². The first kappa shape index (κ1) is 8.85. The zero-order valence-corrected chi connectivity index (χ0v) is 7.04. The number of carbonyl (C=O) groups is 1. The van der Waals surface area contributed by atoms with E-state index in [9.17, 15) is 4.79 Å². The molecule has 0 spiro atoms. The van der Waals surface area contributed by atoms with Crippen molar-refractivity contribution in [3.05, 3.63) is 18.0 Å². The summed E-state index contributed by atoms with van der Waals surface area (Å²) in [4.78, 5) is 13.8. The van der Waals surface area contributed by atoms with Crippen LogP contribution >= 0.6 is 0 Å². The van der Waals surface area contributed by atoms with E-state index in [1.165, 1.54) is 12.3 Å². The second kappa shape index (κ2) is 3.43. The standard InChI is InChI=1S/C6H5NO4.Al/c8-3-1-4(9)5(6(10)11)7-2-3;/h1-2,8-9H,(H,10,11);/q;+1/p-1. The van der Waals surface area contributed by atoms with Crippen LogP contribution in [0.1, 0.15) is 10.5 Å². The highest BCUT2D eigenvalue weighted by Gasteiger charge is 2.10. The Bertz CT molecular complexity index is 314. The fraction of sp³-hybridized carbons (Fsp3) is 0. The van der Waals surface area contributed by atoms with E-state index in [0.717, 1.165) is 0 Å². The van der Waals surface area contributed by atoms with Crippen molar-refractivity contribution in [1.82, 2.24) is 4.98 Å². The maximum absolute atomic E-state index is 10.4. The van der Waals surface area contributed by atoms with Crippen LogP contribution in [0.15, 0.2) is 12.3 Å². The van der Waals surface area contributed by atoms with Crippen LogP contribution in [-0.2, 0) is 0 Å². The summed E-state index contributed by atoms with van der Waals surface area (Å²) in [5.74, 6) is -1.41. The Kier molecular flexibility index (Phi) is 2.53. The first-order valence-electron chi connectivity index (χ1n) is 2.94. The molecule has 0 atom stereocenters. The van der Waals surface area contributed by atoms with Crippen molar-refractivity contribution in [2.24, 2.45) is 0 Å². The number of nitrogens with zero attached hydrogens (tertiary/aromatic N) is 1. The molecule has 1 heterocycles. The van der Waals surface area contributed by atoms with Crippen LogP contribution in [-0.4, -0.2) is 37.8 Å². The maximum atomic E-state index is 10.4. The molecule has 60 valence electrons. The van der Waals surface area contributed by atoms with Gasteiger partial charge in [0.05, 0.1) is 6.20 Å². The van der Waals surface area contributed by atoms with E-state index in [2.05, 4.69) is 8.77 Å². The van der Waals surface area contributed by atoms with Gasteiger partial charge in [0, 0.05) is 6.07 Å². The van der Waals surface area contributed by atoms with E-state index in [0.29, 0.717) is 0 Å². The Morgan fingerprint density at radius 2 is 2.33 bits per heavy atom. The van der Waals surface area contributed by atoms with Gasteiger partial charge in [-0.2, -0.15) is 0 Å². The fourth-order valence-corrected chi connectivity index (χ4v) is 0.793. The summed E-state index contributed by atoms with van der Waals surface area (Å²) >= 11 is 1.96. The lowest BCUT2D eigenvalue weighted by Crippen LogP contribution is -2.00. The van der Waals surface area contributed by atoms with Gasteiger partial charge < -0.3 is 14.0 Å². The van der Waals surface area contributed by atoms with Crippen LogP contribution in [0.2, 0.25) is 0 Å². The molecule has 2 N–H and O–H groups in total. The molecule has 2 radical (unpaired) electrons. The molecule has 0 saturated carbocycles. The molecule has 0 unspecified atom stereocenters. The zero-order chi connectivity index (χ0) is 9.14. The maximum Gasteiger partial charge on any atom is 0.482 e. The van der Waals surface area contributed by atoms with Crippen molar-refractivity contribution in [3.63, 3.8) is 0 Å². The van der Waals surface area contributed by atoms with Crippen molar-refractivity contribution < 1.29 is 18.8 Å². The third-order valence-corrected chi connectivity index (χ3v) is 1.45. The number of aromatic hydroxyl groups is 1. The lowest BCUT2D eigenvalue weighted by molar-refractivity contribution is 0.0687. The van der Waals surface area contributed by atoms with E-state index in [-0.39, 0.29) is 11.4 Å². The van der Waals surface area contributed by atoms with Crippen LogP contribution in [0, 0.1) is 0 Å². The predicted octanol–water partition coefficient (Wildman–Crippen LogP) is -0.0523. The van der Waals surface area contributed by atoms with E-state index in [1.807, 2.05) is 16.6 Å². The molecule has 0 aliphatic heterocycles. The Labute approximate surface area is 76.4 Å². The number of carboxylic acids is 1. The molecule has 0 aliphatic carbocycles. The topological polar surface area (TPSA) is 79.7 Å². The molecule has 0 saturated heterocycles. The third kappa shape index (κ3) is 1.67. The lowest BCUT2D eigenvalue weighted by atomic mass is 10.3. The number of hydrogen-bond donors (Lipinski definition) is 2. The van der Waals surface area contributed by atoms with E-state index in [4.69, 9.17) is 10.2 Å². The molecule has 1 rings (SSSR count). The van der Waals surface area contributed by atoms with Gasteiger partial charge in [0.25, 0.3) is 0 Å². The Morgan fingerprint density at radius 3 is 2.75 bits per heavy atom. The smallest absolute Gasteiger partial charge is 0.482 e. The van der Waals surface area contributed by atoms with Crippen molar-refractivity contribution in [2.45, 2.75) is 0 Å². The average Bonchev–Trinajstić information content (AvgIpc) is 2.03. The fourth-order valence-electron chi connectivity index (χ4n) is 0.664. The monoisotopic (exact) mass is 181 g/mol. The lowest BCUT2D eigenvalue weighted by Gasteiger charge is -2.03. The molecule has 0 fully saturated rings. The summed E-state index contributed by atoms with van der Waals surface area (Å²) in [6, 6.07) is 1.17. The van der Waals surface area contributed by atoms with E-state index < -0.39 is 11.7 Å². The first-order valence-corrected chi connectivity index (χ1v) is 3.41. The highest BCUT2D eigenvalue weighted by Crippen LogP contribution is 2.19. The molecule has 12 heavy (non-hydrogen) atoms. The molecule has 1 aromatic rings. The van der Waals surface area contributed by atoms with Crippen molar-refractivity contribution in [1.29, 1.82) is 0 Å².